The van der Waals surface area contributed by atoms with Crippen LogP contribution in [0, 0.1) is 20.8 Å². The van der Waals surface area contributed by atoms with Gasteiger partial charge in [-0.3, -0.25) is 4.98 Å². The van der Waals surface area contributed by atoms with Crippen LogP contribution in [0.3, 0.4) is 0 Å². The molecule has 3 rings (SSSR count). The summed E-state index contributed by atoms with van der Waals surface area (Å²) in [5, 5.41) is 4.60. The SMILES string of the molecule is Cc1cnc(-c2nc(C)c(CNC3CC3)s2)c(C)c1. The maximum absolute atomic E-state index is 4.69. The molecule has 4 heteroatoms. The van der Waals surface area contributed by atoms with Crippen LogP contribution < -0.4 is 5.32 Å². The van der Waals surface area contributed by atoms with Crippen LogP contribution in [0.15, 0.2) is 12.3 Å². The van der Waals surface area contributed by atoms with Crippen molar-refractivity contribution < 1.29 is 0 Å². The zero-order valence-corrected chi connectivity index (χ0v) is 12.5. The summed E-state index contributed by atoms with van der Waals surface area (Å²) in [6.45, 7) is 7.21. The predicted octanol–water partition coefficient (Wildman–Crippen LogP) is 3.38. The van der Waals surface area contributed by atoms with E-state index in [0.717, 1.165) is 29.0 Å². The van der Waals surface area contributed by atoms with Gasteiger partial charge in [0.15, 0.2) is 0 Å². The summed E-state index contributed by atoms with van der Waals surface area (Å²) in [6.07, 6.45) is 4.56. The number of nitrogens with zero attached hydrogens (tertiary/aromatic N) is 2. The minimum atomic E-state index is 0.740. The van der Waals surface area contributed by atoms with E-state index in [1.165, 1.54) is 28.8 Å². The zero-order valence-electron chi connectivity index (χ0n) is 11.7. The van der Waals surface area contributed by atoms with Gasteiger partial charge in [-0.2, -0.15) is 0 Å². The average Bonchev–Trinajstić information content (AvgIpc) is 3.11. The van der Waals surface area contributed by atoms with E-state index in [9.17, 15) is 0 Å². The fourth-order valence-electron chi connectivity index (χ4n) is 2.16. The molecule has 0 radical (unpaired) electrons. The Balaban J connectivity index is 1.85. The first-order valence-corrected chi connectivity index (χ1v) is 7.58. The Labute approximate surface area is 118 Å². The van der Waals surface area contributed by atoms with Crippen molar-refractivity contribution in [3.05, 3.63) is 34.0 Å². The van der Waals surface area contributed by atoms with Gasteiger partial charge in [-0.1, -0.05) is 6.07 Å². The molecule has 1 N–H and O–H groups in total. The lowest BCUT2D eigenvalue weighted by Crippen LogP contribution is -2.14. The Morgan fingerprint density at radius 1 is 1.32 bits per heavy atom. The van der Waals surface area contributed by atoms with Crippen LogP contribution >= 0.6 is 11.3 Å². The van der Waals surface area contributed by atoms with E-state index >= 15 is 0 Å². The molecule has 1 fully saturated rings. The molecule has 0 saturated heterocycles. The number of rotatable bonds is 4. The smallest absolute Gasteiger partial charge is 0.142 e. The number of nitrogens with one attached hydrogen (secondary N) is 1. The van der Waals surface area contributed by atoms with Gasteiger partial charge >= 0.3 is 0 Å². The zero-order chi connectivity index (χ0) is 13.4. The first-order chi connectivity index (χ1) is 9.13. The molecule has 1 saturated carbocycles. The molecular formula is C15H19N3S. The summed E-state index contributed by atoms with van der Waals surface area (Å²) in [7, 11) is 0. The van der Waals surface area contributed by atoms with Crippen LogP contribution in [0.4, 0.5) is 0 Å². The number of thiazole rings is 1. The van der Waals surface area contributed by atoms with Gasteiger partial charge in [-0.15, -0.1) is 11.3 Å². The quantitative estimate of drug-likeness (QED) is 0.928. The summed E-state index contributed by atoms with van der Waals surface area (Å²) in [4.78, 5) is 10.6. The van der Waals surface area contributed by atoms with Crippen molar-refractivity contribution in [3.8, 4) is 10.7 Å². The Hall–Kier alpha value is -1.26. The Morgan fingerprint density at radius 3 is 2.79 bits per heavy atom. The van der Waals surface area contributed by atoms with Crippen LogP contribution in [-0.4, -0.2) is 16.0 Å². The van der Waals surface area contributed by atoms with Gasteiger partial charge in [-0.25, -0.2) is 4.98 Å². The Bertz CT molecular complexity index is 599. The molecule has 0 atom stereocenters. The summed E-state index contributed by atoms with van der Waals surface area (Å²) >= 11 is 1.77. The van der Waals surface area contributed by atoms with Gasteiger partial charge in [0.1, 0.15) is 10.7 Å². The fourth-order valence-corrected chi connectivity index (χ4v) is 3.23. The first kappa shape index (κ1) is 12.8. The number of hydrogen-bond donors (Lipinski definition) is 1. The molecule has 2 aromatic heterocycles. The molecule has 0 spiro atoms. The van der Waals surface area contributed by atoms with Crippen LogP contribution in [0.1, 0.15) is 34.5 Å². The van der Waals surface area contributed by atoms with Crippen molar-refractivity contribution in [3.63, 3.8) is 0 Å². The van der Waals surface area contributed by atoms with Gasteiger partial charge in [0, 0.05) is 23.7 Å². The third-order valence-electron chi connectivity index (χ3n) is 3.44. The van der Waals surface area contributed by atoms with E-state index in [-0.39, 0.29) is 0 Å². The third kappa shape index (κ3) is 2.85. The van der Waals surface area contributed by atoms with Crippen LogP contribution in [-0.2, 0) is 6.54 Å². The van der Waals surface area contributed by atoms with Gasteiger partial charge < -0.3 is 5.32 Å². The highest BCUT2D eigenvalue weighted by Gasteiger charge is 2.21. The predicted molar refractivity (Wildman–Crippen MR) is 79.4 cm³/mol. The monoisotopic (exact) mass is 273 g/mol. The molecule has 0 aliphatic heterocycles. The number of aromatic nitrogens is 2. The molecule has 0 amide bonds. The lowest BCUT2D eigenvalue weighted by atomic mass is 10.2. The minimum Gasteiger partial charge on any atom is -0.309 e. The van der Waals surface area contributed by atoms with Crippen LogP contribution in [0.2, 0.25) is 0 Å². The molecule has 3 nitrogen and oxygen atoms in total. The molecule has 1 aliphatic carbocycles. The number of aryl methyl sites for hydroxylation is 3. The maximum Gasteiger partial charge on any atom is 0.142 e. The van der Waals surface area contributed by atoms with E-state index in [1.54, 1.807) is 11.3 Å². The van der Waals surface area contributed by atoms with E-state index in [1.807, 2.05) is 6.20 Å². The Kier molecular flexibility index (Phi) is 3.37. The molecule has 2 aromatic rings. The van der Waals surface area contributed by atoms with Gasteiger partial charge in [0.25, 0.3) is 0 Å². The first-order valence-electron chi connectivity index (χ1n) is 6.77. The molecule has 19 heavy (non-hydrogen) atoms. The lowest BCUT2D eigenvalue weighted by molar-refractivity contribution is 0.691. The molecule has 2 heterocycles. The summed E-state index contributed by atoms with van der Waals surface area (Å²) in [6, 6.07) is 2.91. The van der Waals surface area contributed by atoms with Crippen molar-refractivity contribution >= 4 is 11.3 Å². The van der Waals surface area contributed by atoms with E-state index in [2.05, 4.69) is 42.1 Å². The normalized spacial score (nSPS) is 14.9. The van der Waals surface area contributed by atoms with E-state index < -0.39 is 0 Å². The second kappa shape index (κ2) is 5.02. The van der Waals surface area contributed by atoms with Gasteiger partial charge in [-0.05, 0) is 44.7 Å². The van der Waals surface area contributed by atoms with Crippen molar-refractivity contribution in [1.82, 2.24) is 15.3 Å². The summed E-state index contributed by atoms with van der Waals surface area (Å²) < 4.78 is 0. The molecule has 0 bridgehead atoms. The lowest BCUT2D eigenvalue weighted by Gasteiger charge is -2.02. The largest absolute Gasteiger partial charge is 0.309 e. The van der Waals surface area contributed by atoms with E-state index in [0.29, 0.717) is 0 Å². The third-order valence-corrected chi connectivity index (χ3v) is 4.60. The summed E-state index contributed by atoms with van der Waals surface area (Å²) in [5.74, 6) is 0. The number of hydrogen-bond acceptors (Lipinski definition) is 4. The topological polar surface area (TPSA) is 37.8 Å². The van der Waals surface area contributed by atoms with Gasteiger partial charge in [0.2, 0.25) is 0 Å². The number of pyridine rings is 1. The minimum absolute atomic E-state index is 0.740. The second-order valence-corrected chi connectivity index (χ2v) is 6.44. The van der Waals surface area contributed by atoms with Crippen molar-refractivity contribution in [2.24, 2.45) is 0 Å². The van der Waals surface area contributed by atoms with Crippen LogP contribution in [0.5, 0.6) is 0 Å². The highest BCUT2D eigenvalue weighted by molar-refractivity contribution is 7.15. The highest BCUT2D eigenvalue weighted by atomic mass is 32.1. The van der Waals surface area contributed by atoms with Crippen molar-refractivity contribution in [1.29, 1.82) is 0 Å². The average molecular weight is 273 g/mol. The van der Waals surface area contributed by atoms with Crippen molar-refractivity contribution in [2.75, 3.05) is 0 Å². The maximum atomic E-state index is 4.69. The molecule has 1 aliphatic rings. The van der Waals surface area contributed by atoms with Crippen molar-refractivity contribution in [2.45, 2.75) is 46.2 Å². The van der Waals surface area contributed by atoms with Crippen LogP contribution in [0.25, 0.3) is 10.7 Å². The van der Waals surface area contributed by atoms with E-state index in [4.69, 9.17) is 0 Å². The second-order valence-electron chi connectivity index (χ2n) is 5.36. The molecular weight excluding hydrogens is 254 g/mol. The highest BCUT2D eigenvalue weighted by Crippen LogP contribution is 2.29. The Morgan fingerprint density at radius 2 is 2.11 bits per heavy atom. The standard InChI is InChI=1S/C15H19N3S/c1-9-6-10(2)14(17-7-9)15-18-11(3)13(19-15)8-16-12-4-5-12/h6-7,12,16H,4-5,8H2,1-3H3. The van der Waals surface area contributed by atoms with Gasteiger partial charge in [0.05, 0.1) is 5.69 Å². The molecule has 0 aromatic carbocycles. The molecule has 0 unspecified atom stereocenters. The summed E-state index contributed by atoms with van der Waals surface area (Å²) in [5.41, 5.74) is 4.56. The molecule has 100 valence electrons. The fraction of sp³-hybridized carbons (Fsp3) is 0.467.